The van der Waals surface area contributed by atoms with Crippen LogP contribution < -0.4 is 9.47 Å². The monoisotopic (exact) mass is 439 g/mol. The Bertz CT molecular complexity index is 1010. The highest BCUT2D eigenvalue weighted by molar-refractivity contribution is 6.46. The molecule has 2 aromatic carbocycles. The Morgan fingerprint density at radius 2 is 1.84 bits per heavy atom. The number of ketones is 1. The Labute approximate surface area is 188 Å². The van der Waals surface area contributed by atoms with Gasteiger partial charge in [-0.15, -0.1) is 0 Å². The number of carbonyl (C=O) groups excluding carboxylic acids is 2. The highest BCUT2D eigenvalue weighted by Crippen LogP contribution is 2.41. The quantitative estimate of drug-likeness (QED) is 0.363. The minimum absolute atomic E-state index is 0.0108. The summed E-state index contributed by atoms with van der Waals surface area (Å²) in [6.45, 7) is 5.09. The van der Waals surface area contributed by atoms with Gasteiger partial charge >= 0.3 is 0 Å². The topological polar surface area (TPSA) is 85.3 Å². The van der Waals surface area contributed by atoms with E-state index in [4.69, 9.17) is 14.2 Å². The van der Waals surface area contributed by atoms with E-state index in [0.29, 0.717) is 35.2 Å². The fourth-order valence-electron chi connectivity index (χ4n) is 3.67. The van der Waals surface area contributed by atoms with Crippen LogP contribution in [0.3, 0.4) is 0 Å². The maximum Gasteiger partial charge on any atom is 0.295 e. The fraction of sp³-hybridized carbons (Fsp3) is 0.360. The highest BCUT2D eigenvalue weighted by Gasteiger charge is 2.46. The first-order valence-corrected chi connectivity index (χ1v) is 10.5. The van der Waals surface area contributed by atoms with Crippen molar-refractivity contribution in [1.29, 1.82) is 0 Å². The smallest absolute Gasteiger partial charge is 0.295 e. The van der Waals surface area contributed by atoms with Crippen molar-refractivity contribution in [3.63, 3.8) is 0 Å². The zero-order valence-electron chi connectivity index (χ0n) is 18.8. The molecule has 7 nitrogen and oxygen atoms in total. The minimum atomic E-state index is -0.780. The molecule has 0 bridgehead atoms. The number of carbonyl (C=O) groups is 2. The van der Waals surface area contributed by atoms with Gasteiger partial charge in [0.05, 0.1) is 37.5 Å². The third-order valence-electron chi connectivity index (χ3n) is 5.20. The summed E-state index contributed by atoms with van der Waals surface area (Å²) in [5.74, 6) is -0.331. The molecule has 0 saturated carbocycles. The molecular weight excluding hydrogens is 410 g/mol. The number of nitrogens with zero attached hydrogens (tertiary/aromatic N) is 1. The first kappa shape index (κ1) is 23.3. The molecule has 0 spiro atoms. The lowest BCUT2D eigenvalue weighted by Gasteiger charge is -2.25. The Balaban J connectivity index is 2.14. The van der Waals surface area contributed by atoms with E-state index in [1.165, 1.54) is 19.1 Å². The Kier molecular flexibility index (Phi) is 7.53. The predicted octanol–water partition coefficient (Wildman–Crippen LogP) is 3.80. The summed E-state index contributed by atoms with van der Waals surface area (Å²) in [5.41, 5.74) is 1.02. The molecule has 2 aromatic rings. The molecule has 1 atom stereocenters. The second-order valence-electron chi connectivity index (χ2n) is 7.96. The van der Waals surface area contributed by atoms with Crippen LogP contribution >= 0.6 is 0 Å². The van der Waals surface area contributed by atoms with Gasteiger partial charge in [0.2, 0.25) is 0 Å². The standard InChI is InChI=1S/C25H29NO6/c1-16(2)15-32-18-9-7-8-17(14-18)22-21(24(28)25(29)26(22)12-13-30-3)23(27)19-10-5-6-11-20(19)31-4/h5-11,14,16,22,27H,12-13,15H2,1-4H3/b23-21-. The number of likely N-dealkylation sites (tertiary alicyclic amines) is 1. The lowest BCUT2D eigenvalue weighted by atomic mass is 9.95. The molecule has 7 heteroatoms. The van der Waals surface area contributed by atoms with Crippen LogP contribution in [0.2, 0.25) is 0 Å². The maximum atomic E-state index is 13.1. The number of aliphatic hydroxyl groups excluding tert-OH is 1. The summed E-state index contributed by atoms with van der Waals surface area (Å²) in [7, 11) is 3.01. The van der Waals surface area contributed by atoms with Crippen molar-refractivity contribution in [2.75, 3.05) is 34.0 Å². The fourth-order valence-corrected chi connectivity index (χ4v) is 3.67. The SMILES string of the molecule is COCCN1C(=O)C(=O)/C(=C(\O)c2ccccc2OC)C1c1cccc(OCC(C)C)c1. The number of hydrogen-bond acceptors (Lipinski definition) is 6. The van der Waals surface area contributed by atoms with E-state index in [-0.39, 0.29) is 24.5 Å². The summed E-state index contributed by atoms with van der Waals surface area (Å²) in [4.78, 5) is 27.4. The Morgan fingerprint density at radius 3 is 2.53 bits per heavy atom. The lowest BCUT2D eigenvalue weighted by Crippen LogP contribution is -2.32. The van der Waals surface area contributed by atoms with Gasteiger partial charge in [-0.3, -0.25) is 9.59 Å². The van der Waals surface area contributed by atoms with Crippen molar-refractivity contribution in [2.24, 2.45) is 5.92 Å². The van der Waals surface area contributed by atoms with Gasteiger partial charge in [0.25, 0.3) is 11.7 Å². The van der Waals surface area contributed by atoms with E-state index in [1.807, 2.05) is 18.2 Å². The maximum absolute atomic E-state index is 13.1. The van der Waals surface area contributed by atoms with Crippen LogP contribution in [0.5, 0.6) is 11.5 Å². The molecule has 170 valence electrons. The van der Waals surface area contributed by atoms with Crippen LogP contribution in [-0.4, -0.2) is 55.7 Å². The number of hydrogen-bond donors (Lipinski definition) is 1. The normalized spacial score (nSPS) is 17.8. The number of ether oxygens (including phenoxy) is 3. The zero-order valence-corrected chi connectivity index (χ0v) is 18.8. The molecule has 1 heterocycles. The van der Waals surface area contributed by atoms with Gasteiger partial charge in [-0.2, -0.15) is 0 Å². The molecule has 1 saturated heterocycles. The van der Waals surface area contributed by atoms with E-state index in [1.54, 1.807) is 30.3 Å². The van der Waals surface area contributed by atoms with Crippen LogP contribution in [0.1, 0.15) is 31.0 Å². The molecule has 1 aliphatic heterocycles. The van der Waals surface area contributed by atoms with Crippen molar-refractivity contribution in [1.82, 2.24) is 4.90 Å². The first-order valence-electron chi connectivity index (χ1n) is 10.5. The van der Waals surface area contributed by atoms with Gasteiger partial charge in [0.1, 0.15) is 17.3 Å². The van der Waals surface area contributed by atoms with E-state index in [9.17, 15) is 14.7 Å². The number of benzene rings is 2. The number of para-hydroxylation sites is 1. The van der Waals surface area contributed by atoms with Gasteiger partial charge in [-0.1, -0.05) is 38.1 Å². The molecule has 0 radical (unpaired) electrons. The molecule has 1 fully saturated rings. The second kappa shape index (κ2) is 10.3. The summed E-state index contributed by atoms with van der Waals surface area (Å²) in [6, 6.07) is 13.3. The van der Waals surface area contributed by atoms with Gasteiger partial charge in [-0.05, 0) is 35.7 Å². The average molecular weight is 440 g/mol. The van der Waals surface area contributed by atoms with Gasteiger partial charge in [-0.25, -0.2) is 0 Å². The summed E-state index contributed by atoms with van der Waals surface area (Å²) in [5, 5.41) is 11.2. The lowest BCUT2D eigenvalue weighted by molar-refractivity contribution is -0.140. The molecule has 3 rings (SSSR count). The van der Waals surface area contributed by atoms with Crippen molar-refractivity contribution in [3.8, 4) is 11.5 Å². The molecule has 0 aromatic heterocycles. The van der Waals surface area contributed by atoms with E-state index in [0.717, 1.165) is 0 Å². The largest absolute Gasteiger partial charge is 0.507 e. The van der Waals surface area contributed by atoms with Crippen LogP contribution in [0.25, 0.3) is 5.76 Å². The molecule has 32 heavy (non-hydrogen) atoms. The number of methoxy groups -OCH3 is 2. The predicted molar refractivity (Wildman–Crippen MR) is 121 cm³/mol. The van der Waals surface area contributed by atoms with E-state index >= 15 is 0 Å². The summed E-state index contributed by atoms with van der Waals surface area (Å²) >= 11 is 0. The van der Waals surface area contributed by atoms with Crippen molar-refractivity contribution in [3.05, 3.63) is 65.2 Å². The van der Waals surface area contributed by atoms with Gasteiger partial charge < -0.3 is 24.2 Å². The molecule has 0 aliphatic carbocycles. The number of amides is 1. The first-order chi connectivity index (χ1) is 15.4. The molecule has 1 N–H and O–H groups in total. The van der Waals surface area contributed by atoms with Gasteiger partial charge in [0.15, 0.2) is 0 Å². The summed E-state index contributed by atoms with van der Waals surface area (Å²) < 4.78 is 16.3. The van der Waals surface area contributed by atoms with Crippen molar-refractivity contribution in [2.45, 2.75) is 19.9 Å². The van der Waals surface area contributed by atoms with E-state index < -0.39 is 17.7 Å². The van der Waals surface area contributed by atoms with Gasteiger partial charge in [0, 0.05) is 13.7 Å². The molecule has 1 amide bonds. The average Bonchev–Trinajstić information content (AvgIpc) is 3.05. The van der Waals surface area contributed by atoms with Crippen molar-refractivity contribution < 1.29 is 28.9 Å². The highest BCUT2D eigenvalue weighted by atomic mass is 16.5. The number of aliphatic hydroxyl groups is 1. The molecule has 1 aliphatic rings. The van der Waals surface area contributed by atoms with Crippen LogP contribution in [0, 0.1) is 5.92 Å². The van der Waals surface area contributed by atoms with Crippen LogP contribution in [0.4, 0.5) is 0 Å². The van der Waals surface area contributed by atoms with Crippen molar-refractivity contribution >= 4 is 17.4 Å². The van der Waals surface area contributed by atoms with E-state index in [2.05, 4.69) is 13.8 Å². The zero-order chi connectivity index (χ0) is 23.3. The Hall–Kier alpha value is -3.32. The number of rotatable bonds is 9. The summed E-state index contributed by atoms with van der Waals surface area (Å²) in [6.07, 6.45) is 0. The second-order valence-corrected chi connectivity index (χ2v) is 7.96. The molecular formula is C25H29NO6. The Morgan fingerprint density at radius 1 is 1.09 bits per heavy atom. The number of Topliss-reactive ketones (excluding diaryl/α,β-unsaturated/α-hetero) is 1. The molecule has 1 unspecified atom stereocenters. The minimum Gasteiger partial charge on any atom is -0.507 e. The third kappa shape index (κ3) is 4.78. The third-order valence-corrected chi connectivity index (χ3v) is 5.20. The van der Waals surface area contributed by atoms with Crippen LogP contribution in [-0.2, 0) is 14.3 Å². The van der Waals surface area contributed by atoms with Crippen LogP contribution in [0.15, 0.2) is 54.1 Å².